The molecule has 0 aromatic heterocycles. The zero-order valence-electron chi connectivity index (χ0n) is 15.2. The number of esters is 1. The number of hydrogen-bond donors (Lipinski definition) is 1. The summed E-state index contributed by atoms with van der Waals surface area (Å²) in [6.45, 7) is 1.39. The van der Waals surface area contributed by atoms with Crippen molar-refractivity contribution in [1.29, 1.82) is 0 Å². The first-order chi connectivity index (χ1) is 13.3. The molecule has 7 nitrogen and oxygen atoms in total. The van der Waals surface area contributed by atoms with Crippen LogP contribution in [0.5, 0.6) is 0 Å². The standard InChI is InChI=1S/C20H19FN2O5/c1-12(19(24)22-16-8-9-17(21)18(11-16)23(26)27)28-20(25)15-7-6-13-4-2-3-5-14(13)10-15/h6-12H,2-5H2,1H3,(H,22,24)/t12-/m0/s1. The number of ether oxygens (including phenoxy) is 1. The number of nitro groups is 1. The van der Waals surface area contributed by atoms with Crippen molar-refractivity contribution in [2.45, 2.75) is 38.7 Å². The Labute approximate surface area is 160 Å². The zero-order valence-corrected chi connectivity index (χ0v) is 15.2. The molecule has 8 heteroatoms. The Morgan fingerprint density at radius 3 is 2.57 bits per heavy atom. The summed E-state index contributed by atoms with van der Waals surface area (Å²) in [5, 5.41) is 13.2. The van der Waals surface area contributed by atoms with Crippen molar-refractivity contribution >= 4 is 23.3 Å². The number of nitro benzene ring substituents is 1. The van der Waals surface area contributed by atoms with E-state index in [4.69, 9.17) is 4.74 Å². The van der Waals surface area contributed by atoms with E-state index in [1.54, 1.807) is 12.1 Å². The first-order valence-electron chi connectivity index (χ1n) is 8.93. The molecule has 0 heterocycles. The van der Waals surface area contributed by atoms with Crippen LogP contribution in [0.4, 0.5) is 15.8 Å². The van der Waals surface area contributed by atoms with Gasteiger partial charge in [0.25, 0.3) is 5.91 Å². The normalized spacial score (nSPS) is 13.9. The number of nitrogens with zero attached hydrogens (tertiary/aromatic N) is 1. The van der Waals surface area contributed by atoms with Crippen molar-refractivity contribution in [3.05, 3.63) is 69.0 Å². The molecule has 1 atom stereocenters. The number of aryl methyl sites for hydroxylation is 2. The number of nitrogens with one attached hydrogen (secondary N) is 1. The maximum absolute atomic E-state index is 13.4. The van der Waals surface area contributed by atoms with E-state index < -0.39 is 34.4 Å². The molecule has 3 rings (SSSR count). The largest absolute Gasteiger partial charge is 0.449 e. The summed E-state index contributed by atoms with van der Waals surface area (Å²) in [6, 6.07) is 8.37. The smallest absolute Gasteiger partial charge is 0.338 e. The average Bonchev–Trinajstić information content (AvgIpc) is 2.68. The van der Waals surface area contributed by atoms with Crippen LogP contribution >= 0.6 is 0 Å². The summed E-state index contributed by atoms with van der Waals surface area (Å²) < 4.78 is 18.6. The zero-order chi connectivity index (χ0) is 20.3. The van der Waals surface area contributed by atoms with Crippen LogP contribution in [0.25, 0.3) is 0 Å². The van der Waals surface area contributed by atoms with Gasteiger partial charge in [0, 0.05) is 11.8 Å². The first kappa shape index (κ1) is 19.5. The maximum Gasteiger partial charge on any atom is 0.338 e. The van der Waals surface area contributed by atoms with Crippen LogP contribution in [0, 0.1) is 15.9 Å². The number of carbonyl (C=O) groups excluding carboxylic acids is 2. The lowest BCUT2D eigenvalue weighted by atomic mass is 9.90. The lowest BCUT2D eigenvalue weighted by molar-refractivity contribution is -0.387. The van der Waals surface area contributed by atoms with Crippen molar-refractivity contribution < 1.29 is 23.6 Å². The molecule has 0 radical (unpaired) electrons. The monoisotopic (exact) mass is 386 g/mol. The minimum Gasteiger partial charge on any atom is -0.449 e. The summed E-state index contributed by atoms with van der Waals surface area (Å²) in [4.78, 5) is 34.5. The van der Waals surface area contributed by atoms with Crippen LogP contribution in [0.15, 0.2) is 36.4 Å². The number of anilines is 1. The van der Waals surface area contributed by atoms with Gasteiger partial charge >= 0.3 is 11.7 Å². The molecule has 146 valence electrons. The van der Waals surface area contributed by atoms with Crippen molar-refractivity contribution in [3.8, 4) is 0 Å². The van der Waals surface area contributed by atoms with Crippen LogP contribution in [0.3, 0.4) is 0 Å². The second-order valence-corrected chi connectivity index (χ2v) is 6.65. The van der Waals surface area contributed by atoms with Gasteiger partial charge in [-0.2, -0.15) is 4.39 Å². The van der Waals surface area contributed by atoms with E-state index in [1.165, 1.54) is 18.6 Å². The fourth-order valence-electron chi connectivity index (χ4n) is 3.12. The van der Waals surface area contributed by atoms with E-state index in [-0.39, 0.29) is 5.69 Å². The summed E-state index contributed by atoms with van der Waals surface area (Å²) in [5.74, 6) is -2.30. The predicted octanol–water partition coefficient (Wildman–Crippen LogP) is 3.80. The highest BCUT2D eigenvalue weighted by Crippen LogP contribution is 2.23. The summed E-state index contributed by atoms with van der Waals surface area (Å²) in [6.07, 6.45) is 2.99. The van der Waals surface area contributed by atoms with Gasteiger partial charge in [-0.1, -0.05) is 6.07 Å². The fraction of sp³-hybridized carbons (Fsp3) is 0.300. The van der Waals surface area contributed by atoms with Gasteiger partial charge in [0.15, 0.2) is 6.10 Å². The van der Waals surface area contributed by atoms with Crippen LogP contribution in [0.1, 0.15) is 41.3 Å². The predicted molar refractivity (Wildman–Crippen MR) is 99.6 cm³/mol. The molecule has 0 saturated carbocycles. The van der Waals surface area contributed by atoms with E-state index in [0.29, 0.717) is 5.56 Å². The third-order valence-electron chi connectivity index (χ3n) is 4.65. The molecule has 2 aromatic rings. The second-order valence-electron chi connectivity index (χ2n) is 6.65. The van der Waals surface area contributed by atoms with Gasteiger partial charge in [-0.15, -0.1) is 0 Å². The Bertz CT molecular complexity index is 944. The highest BCUT2D eigenvalue weighted by atomic mass is 19.1. The Morgan fingerprint density at radius 2 is 1.86 bits per heavy atom. The molecule has 2 aromatic carbocycles. The molecule has 0 bridgehead atoms. The first-order valence-corrected chi connectivity index (χ1v) is 8.93. The number of fused-ring (bicyclic) bond motifs is 1. The fourth-order valence-corrected chi connectivity index (χ4v) is 3.12. The summed E-state index contributed by atoms with van der Waals surface area (Å²) >= 11 is 0. The van der Waals surface area contributed by atoms with Gasteiger partial charge in [-0.05, 0) is 68.0 Å². The quantitative estimate of drug-likeness (QED) is 0.479. The van der Waals surface area contributed by atoms with Gasteiger partial charge in [0.1, 0.15) is 0 Å². The third-order valence-corrected chi connectivity index (χ3v) is 4.65. The molecular formula is C20H19FN2O5. The molecule has 1 aliphatic rings. The molecule has 1 N–H and O–H groups in total. The number of halogens is 1. The number of benzene rings is 2. The number of hydrogen-bond acceptors (Lipinski definition) is 5. The molecular weight excluding hydrogens is 367 g/mol. The lowest BCUT2D eigenvalue weighted by Crippen LogP contribution is -2.30. The molecule has 0 saturated heterocycles. The van der Waals surface area contributed by atoms with Crippen LogP contribution < -0.4 is 5.32 Å². The second kappa shape index (κ2) is 8.16. The van der Waals surface area contributed by atoms with E-state index in [1.807, 2.05) is 6.07 Å². The lowest BCUT2D eigenvalue weighted by Gasteiger charge is -2.17. The van der Waals surface area contributed by atoms with E-state index in [0.717, 1.165) is 43.4 Å². The highest BCUT2D eigenvalue weighted by Gasteiger charge is 2.22. The van der Waals surface area contributed by atoms with Crippen LogP contribution in [0.2, 0.25) is 0 Å². The Hall–Kier alpha value is -3.29. The molecule has 1 amide bonds. The molecule has 0 spiro atoms. The maximum atomic E-state index is 13.4. The van der Waals surface area contributed by atoms with Gasteiger partial charge in [-0.25, -0.2) is 4.79 Å². The van der Waals surface area contributed by atoms with Crippen molar-refractivity contribution in [2.75, 3.05) is 5.32 Å². The number of carbonyl (C=O) groups is 2. The Kier molecular flexibility index (Phi) is 5.67. The minimum atomic E-state index is -1.13. The number of amides is 1. The minimum absolute atomic E-state index is 0.0368. The van der Waals surface area contributed by atoms with E-state index in [2.05, 4.69) is 5.32 Å². The third kappa shape index (κ3) is 4.33. The van der Waals surface area contributed by atoms with E-state index >= 15 is 0 Å². The van der Waals surface area contributed by atoms with Crippen LogP contribution in [-0.4, -0.2) is 22.9 Å². The Morgan fingerprint density at radius 1 is 1.14 bits per heavy atom. The van der Waals surface area contributed by atoms with Gasteiger partial charge in [-0.3, -0.25) is 14.9 Å². The SMILES string of the molecule is C[C@H](OC(=O)c1ccc2c(c1)CCCC2)C(=O)Nc1ccc(F)c([N+](=O)[O-])c1. The van der Waals surface area contributed by atoms with Gasteiger partial charge in [0.05, 0.1) is 10.5 Å². The van der Waals surface area contributed by atoms with Gasteiger partial charge in [0.2, 0.25) is 5.82 Å². The average molecular weight is 386 g/mol. The van der Waals surface area contributed by atoms with Crippen molar-refractivity contribution in [2.24, 2.45) is 0 Å². The molecule has 0 fully saturated rings. The highest BCUT2D eigenvalue weighted by molar-refractivity contribution is 5.97. The van der Waals surface area contributed by atoms with Crippen molar-refractivity contribution in [3.63, 3.8) is 0 Å². The van der Waals surface area contributed by atoms with E-state index in [9.17, 15) is 24.1 Å². The summed E-state index contributed by atoms with van der Waals surface area (Å²) in [7, 11) is 0. The molecule has 28 heavy (non-hydrogen) atoms. The number of rotatable bonds is 5. The molecule has 0 unspecified atom stereocenters. The molecule has 1 aliphatic carbocycles. The topological polar surface area (TPSA) is 98.5 Å². The van der Waals surface area contributed by atoms with Crippen molar-refractivity contribution in [1.82, 2.24) is 0 Å². The van der Waals surface area contributed by atoms with Gasteiger partial charge < -0.3 is 10.1 Å². The Balaban J connectivity index is 1.65. The van der Waals surface area contributed by atoms with Crippen LogP contribution in [-0.2, 0) is 22.4 Å². The molecule has 0 aliphatic heterocycles. The summed E-state index contributed by atoms with van der Waals surface area (Å²) in [5.41, 5.74) is 2.01.